The van der Waals surface area contributed by atoms with Gasteiger partial charge in [0.05, 0.1) is 12.1 Å². The van der Waals surface area contributed by atoms with Crippen LogP contribution in [0.1, 0.15) is 68.9 Å². The Morgan fingerprint density at radius 3 is 2.16 bits per heavy atom. The van der Waals surface area contributed by atoms with Gasteiger partial charge in [0.2, 0.25) is 0 Å². The third-order valence-corrected chi connectivity index (χ3v) is 8.22. The molecular weight excluding hydrogens is 554 g/mol. The van der Waals surface area contributed by atoms with Gasteiger partial charge in [-0.05, 0) is 67.5 Å². The van der Waals surface area contributed by atoms with Crippen molar-refractivity contribution in [1.29, 1.82) is 0 Å². The molecule has 0 atom stereocenters. The minimum Gasteiger partial charge on any atom is -0.493 e. The second kappa shape index (κ2) is 11.0. The van der Waals surface area contributed by atoms with E-state index in [2.05, 4.69) is 27.8 Å². The lowest BCUT2D eigenvalue weighted by molar-refractivity contribution is -0.117. The Labute approximate surface area is 231 Å². The van der Waals surface area contributed by atoms with Crippen LogP contribution in [0.5, 0.6) is 11.5 Å². The van der Waals surface area contributed by atoms with Crippen LogP contribution in [-0.2, 0) is 16.2 Å². The van der Waals surface area contributed by atoms with Crippen molar-refractivity contribution in [3.8, 4) is 11.5 Å². The molecule has 0 spiro atoms. The molecule has 1 aliphatic heterocycles. The number of hydrogen-bond acceptors (Lipinski definition) is 5. The highest BCUT2D eigenvalue weighted by Gasteiger charge is 2.43. The van der Waals surface area contributed by atoms with Crippen molar-refractivity contribution in [3.63, 3.8) is 0 Å². The molecule has 5 rings (SSSR count). The SMILES string of the molecule is CCCN1C2=C(C(=O)CCC2)C(c2cc(Cl)c(OCc3ccc(Br)cc3)c(OC)c2)C2=C1CCCC2=O. The smallest absolute Gasteiger partial charge is 0.180 e. The van der Waals surface area contributed by atoms with Gasteiger partial charge in [-0.3, -0.25) is 9.59 Å². The van der Waals surface area contributed by atoms with Crippen molar-refractivity contribution in [2.75, 3.05) is 13.7 Å². The highest BCUT2D eigenvalue weighted by molar-refractivity contribution is 9.10. The van der Waals surface area contributed by atoms with Crippen molar-refractivity contribution in [2.45, 2.75) is 64.4 Å². The molecule has 0 fully saturated rings. The molecule has 3 aliphatic rings. The molecule has 0 saturated carbocycles. The maximum Gasteiger partial charge on any atom is 0.180 e. The van der Waals surface area contributed by atoms with E-state index in [1.165, 1.54) is 0 Å². The van der Waals surface area contributed by atoms with Gasteiger partial charge in [0.15, 0.2) is 23.1 Å². The standard InChI is InChI=1S/C30H31BrClNO4/c1-3-14-33-22-6-4-8-24(34)28(22)27(29-23(33)7-5-9-25(29)35)19-15-21(32)30(26(16-19)36-2)37-17-18-10-12-20(31)13-11-18/h10-13,15-16,27H,3-9,14,17H2,1-2H3. The number of allylic oxidation sites excluding steroid dienone is 4. The van der Waals surface area contributed by atoms with Crippen molar-refractivity contribution in [1.82, 2.24) is 4.90 Å². The van der Waals surface area contributed by atoms with E-state index in [1.54, 1.807) is 7.11 Å². The van der Waals surface area contributed by atoms with Crippen LogP contribution in [-0.4, -0.2) is 30.1 Å². The van der Waals surface area contributed by atoms with Crippen LogP contribution in [0.15, 0.2) is 63.4 Å². The fraction of sp³-hybridized carbons (Fsp3) is 0.400. The number of rotatable bonds is 7. The second-order valence-corrected chi connectivity index (χ2v) is 11.1. The van der Waals surface area contributed by atoms with Crippen molar-refractivity contribution < 1.29 is 19.1 Å². The van der Waals surface area contributed by atoms with Crippen LogP contribution in [0.3, 0.4) is 0 Å². The predicted molar refractivity (Wildman–Crippen MR) is 148 cm³/mol. The monoisotopic (exact) mass is 583 g/mol. The fourth-order valence-electron chi connectivity index (χ4n) is 5.83. The summed E-state index contributed by atoms with van der Waals surface area (Å²) in [5.74, 6) is 0.774. The summed E-state index contributed by atoms with van der Waals surface area (Å²) >= 11 is 10.3. The number of methoxy groups -OCH3 is 1. The molecule has 5 nitrogen and oxygen atoms in total. The molecule has 0 amide bonds. The van der Waals surface area contributed by atoms with Crippen LogP contribution in [0.4, 0.5) is 0 Å². The lowest BCUT2D eigenvalue weighted by Crippen LogP contribution is -2.39. The number of ether oxygens (including phenoxy) is 2. The molecule has 194 valence electrons. The van der Waals surface area contributed by atoms with Gasteiger partial charge >= 0.3 is 0 Å². The highest BCUT2D eigenvalue weighted by Crippen LogP contribution is 2.51. The molecular formula is C30H31BrClNO4. The van der Waals surface area contributed by atoms with E-state index in [0.717, 1.165) is 76.8 Å². The maximum absolute atomic E-state index is 13.4. The Morgan fingerprint density at radius 2 is 1.59 bits per heavy atom. The van der Waals surface area contributed by atoms with Gasteiger partial charge < -0.3 is 14.4 Å². The number of carbonyl (C=O) groups excluding carboxylic acids is 2. The summed E-state index contributed by atoms with van der Waals surface area (Å²) in [5.41, 5.74) is 5.49. The van der Waals surface area contributed by atoms with Crippen LogP contribution in [0.25, 0.3) is 0 Å². The van der Waals surface area contributed by atoms with Gasteiger partial charge in [-0.2, -0.15) is 0 Å². The van der Waals surface area contributed by atoms with Gasteiger partial charge in [-0.25, -0.2) is 0 Å². The Morgan fingerprint density at radius 1 is 0.973 bits per heavy atom. The molecule has 0 saturated heterocycles. The van der Waals surface area contributed by atoms with E-state index >= 15 is 0 Å². The van der Waals surface area contributed by atoms with E-state index in [0.29, 0.717) is 36.0 Å². The third-order valence-electron chi connectivity index (χ3n) is 7.42. The fourth-order valence-corrected chi connectivity index (χ4v) is 6.36. The number of halogens is 2. The molecule has 37 heavy (non-hydrogen) atoms. The van der Waals surface area contributed by atoms with Gasteiger partial charge in [-0.1, -0.05) is 46.6 Å². The lowest BCUT2D eigenvalue weighted by Gasteiger charge is -2.44. The molecule has 0 aromatic heterocycles. The predicted octanol–water partition coefficient (Wildman–Crippen LogP) is 7.51. The van der Waals surface area contributed by atoms with Gasteiger partial charge in [-0.15, -0.1) is 0 Å². The molecule has 2 aliphatic carbocycles. The van der Waals surface area contributed by atoms with E-state index < -0.39 is 5.92 Å². The Balaban J connectivity index is 1.59. The van der Waals surface area contributed by atoms with Gasteiger partial charge in [0, 0.05) is 52.3 Å². The number of nitrogens with zero attached hydrogens (tertiary/aromatic N) is 1. The topological polar surface area (TPSA) is 55.8 Å². The first kappa shape index (κ1) is 26.1. The largest absolute Gasteiger partial charge is 0.493 e. The average molecular weight is 585 g/mol. The quantitative estimate of drug-likeness (QED) is 0.337. The minimum atomic E-state index is -0.425. The minimum absolute atomic E-state index is 0.128. The molecule has 0 unspecified atom stereocenters. The first-order valence-electron chi connectivity index (χ1n) is 13.0. The number of hydrogen-bond donors (Lipinski definition) is 0. The van der Waals surface area contributed by atoms with Crippen LogP contribution < -0.4 is 9.47 Å². The van der Waals surface area contributed by atoms with Gasteiger partial charge in [0.25, 0.3) is 0 Å². The van der Waals surface area contributed by atoms with Crippen molar-refractivity contribution in [2.24, 2.45) is 0 Å². The zero-order chi connectivity index (χ0) is 26.1. The zero-order valence-electron chi connectivity index (χ0n) is 21.2. The maximum atomic E-state index is 13.4. The summed E-state index contributed by atoms with van der Waals surface area (Å²) in [6.45, 7) is 3.29. The van der Waals surface area contributed by atoms with E-state index in [-0.39, 0.29) is 11.6 Å². The Kier molecular flexibility index (Phi) is 7.77. The summed E-state index contributed by atoms with van der Waals surface area (Å²) in [4.78, 5) is 29.1. The third kappa shape index (κ3) is 4.98. The number of ketones is 2. The zero-order valence-corrected chi connectivity index (χ0v) is 23.6. The Bertz CT molecular complexity index is 1250. The van der Waals surface area contributed by atoms with Crippen LogP contribution >= 0.6 is 27.5 Å². The summed E-state index contributed by atoms with van der Waals surface area (Å²) < 4.78 is 12.8. The number of benzene rings is 2. The lowest BCUT2D eigenvalue weighted by atomic mass is 9.71. The molecule has 0 radical (unpaired) electrons. The Hall–Kier alpha value is -2.57. The van der Waals surface area contributed by atoms with Gasteiger partial charge in [0.1, 0.15) is 6.61 Å². The van der Waals surface area contributed by atoms with Crippen LogP contribution in [0.2, 0.25) is 5.02 Å². The molecule has 0 bridgehead atoms. The summed E-state index contributed by atoms with van der Waals surface area (Å²) in [7, 11) is 1.58. The molecule has 1 heterocycles. The summed E-state index contributed by atoms with van der Waals surface area (Å²) in [6.07, 6.45) is 5.34. The van der Waals surface area contributed by atoms with Crippen molar-refractivity contribution in [3.05, 3.63) is 79.6 Å². The molecule has 0 N–H and O–H groups in total. The molecule has 7 heteroatoms. The number of carbonyl (C=O) groups is 2. The summed E-state index contributed by atoms with van der Waals surface area (Å²) in [5, 5.41) is 0.401. The summed E-state index contributed by atoms with van der Waals surface area (Å²) in [6, 6.07) is 11.6. The first-order valence-corrected chi connectivity index (χ1v) is 14.1. The van der Waals surface area contributed by atoms with E-state index in [9.17, 15) is 9.59 Å². The van der Waals surface area contributed by atoms with Crippen LogP contribution in [0, 0.1) is 0 Å². The number of Topliss-reactive ketones (excluding diaryl/α,β-unsaturated/α-hetero) is 2. The molecule has 2 aromatic carbocycles. The average Bonchev–Trinajstić information content (AvgIpc) is 2.89. The normalized spacial score (nSPS) is 18.2. The second-order valence-electron chi connectivity index (χ2n) is 9.81. The highest BCUT2D eigenvalue weighted by atomic mass is 79.9. The first-order chi connectivity index (χ1) is 17.9. The van der Waals surface area contributed by atoms with Crippen molar-refractivity contribution >= 4 is 39.1 Å². The van der Waals surface area contributed by atoms with E-state index in [4.69, 9.17) is 21.1 Å². The van der Waals surface area contributed by atoms with E-state index in [1.807, 2.05) is 36.4 Å². The molecule has 2 aromatic rings.